The number of aromatic nitrogens is 2. The Hall–Kier alpha value is -3.71. The maximum Gasteiger partial charge on any atom is 0.307 e. The average molecular weight is 1020 g/mol. The summed E-state index contributed by atoms with van der Waals surface area (Å²) in [6.07, 6.45) is 5.55. The molecule has 1 unspecified atom stereocenters. The van der Waals surface area contributed by atoms with Crippen molar-refractivity contribution in [3.05, 3.63) is 78.9 Å². The number of carboxylic acid groups (broad SMARTS) is 1. The van der Waals surface area contributed by atoms with Gasteiger partial charge in [-0.25, -0.2) is 4.98 Å². The lowest BCUT2D eigenvalue weighted by Gasteiger charge is -2.30. The van der Waals surface area contributed by atoms with E-state index in [1.54, 1.807) is 18.3 Å². The number of likely N-dealkylation sites (tertiary alicyclic amines) is 1. The maximum absolute atomic E-state index is 14.5. The third-order valence-electron chi connectivity index (χ3n) is 11.1. The summed E-state index contributed by atoms with van der Waals surface area (Å²) in [6, 6.07) is 10.1. The number of imidazole rings is 1. The molecule has 1 fully saturated rings. The Kier molecular flexibility index (Phi) is 18.3. The van der Waals surface area contributed by atoms with Crippen molar-refractivity contribution in [2.24, 2.45) is 29.4 Å². The van der Waals surface area contributed by atoms with E-state index in [-0.39, 0.29) is 74.1 Å². The predicted molar refractivity (Wildman–Crippen MR) is 236 cm³/mol. The van der Waals surface area contributed by atoms with E-state index < -0.39 is 53.7 Å². The molecular weight excluding hydrogens is 964 g/mol. The smallest absolute Gasteiger partial charge is 0.307 e. The van der Waals surface area contributed by atoms with Gasteiger partial charge in [-0.05, 0) is 106 Å². The summed E-state index contributed by atoms with van der Waals surface area (Å²) in [4.78, 5) is 90.9. The van der Waals surface area contributed by atoms with Crippen molar-refractivity contribution < 1.29 is 39.0 Å². The molecule has 13 nitrogen and oxygen atoms in total. The number of phenols is 1. The Morgan fingerprint density at radius 1 is 0.931 bits per heavy atom. The molecule has 314 valence electrons. The van der Waals surface area contributed by atoms with E-state index in [4.69, 9.17) is 5.73 Å². The number of nitrogens with zero attached hydrogens (tertiary/aromatic N) is 2. The normalized spacial score (nSPS) is 17.1. The van der Waals surface area contributed by atoms with Crippen LogP contribution in [0.1, 0.15) is 89.0 Å². The Bertz CT molecular complexity index is 1870. The number of Topliss-reactive ketones (excluding diaryl/α,β-unsaturated/α-hetero) is 3. The zero-order valence-corrected chi connectivity index (χ0v) is 37.6. The minimum atomic E-state index is -1.09. The number of rotatable bonds is 23. The van der Waals surface area contributed by atoms with Gasteiger partial charge in [0.15, 0.2) is 11.6 Å². The first kappa shape index (κ1) is 47.0. The van der Waals surface area contributed by atoms with Gasteiger partial charge in [0.05, 0.1) is 43.4 Å². The van der Waals surface area contributed by atoms with Gasteiger partial charge in [0, 0.05) is 50.0 Å². The lowest BCUT2D eigenvalue weighted by atomic mass is 9.86. The summed E-state index contributed by atoms with van der Waals surface area (Å²) >= 11 is 4.03. The van der Waals surface area contributed by atoms with Crippen LogP contribution in [-0.4, -0.2) is 84.9 Å². The SMILES string of the molecule is CCC[C@H](N)C(=O)C[C@@H](Cc1cc([125I])c(O)c([125I])c1)C(=O)N[C@H](C(=O)C[C@@H](Cc1cnc[nH]1)C(=O)N1CCC[C@H]1C(=O)C[C@@H](Cc1ccccc1)C(=O)O)C(C)CC. The number of hydrogen-bond acceptors (Lipinski definition) is 9. The molecule has 0 bridgehead atoms. The molecule has 6 N–H and O–H groups in total. The van der Waals surface area contributed by atoms with Crippen LogP contribution in [0, 0.1) is 30.8 Å². The molecule has 58 heavy (non-hydrogen) atoms. The van der Waals surface area contributed by atoms with Crippen molar-refractivity contribution in [3.63, 3.8) is 0 Å². The second-order valence-corrected chi connectivity index (χ2v) is 17.8. The molecule has 0 spiro atoms. The Labute approximate surface area is 367 Å². The molecule has 7 atom stereocenters. The number of carbonyl (C=O) groups is 6. The zero-order valence-electron chi connectivity index (χ0n) is 33.3. The molecule has 1 saturated heterocycles. The number of halogens is 2. The van der Waals surface area contributed by atoms with Crippen LogP contribution in [0.3, 0.4) is 0 Å². The lowest BCUT2D eigenvalue weighted by molar-refractivity contribution is -0.146. The fraction of sp³-hybridized carbons (Fsp3) is 0.512. The van der Waals surface area contributed by atoms with Gasteiger partial charge in [0.2, 0.25) is 11.8 Å². The third kappa shape index (κ3) is 13.1. The quantitative estimate of drug-likeness (QED) is 0.0720. The highest BCUT2D eigenvalue weighted by atomic mass is 125. The average Bonchev–Trinajstić information content (AvgIpc) is 3.91. The molecule has 2 amide bonds. The number of H-pyrrole nitrogens is 1. The Morgan fingerprint density at radius 3 is 2.19 bits per heavy atom. The van der Waals surface area contributed by atoms with Crippen LogP contribution in [0.4, 0.5) is 0 Å². The zero-order chi connectivity index (χ0) is 42.5. The van der Waals surface area contributed by atoms with Crippen molar-refractivity contribution >= 4 is 80.3 Å². The molecule has 3 aromatic rings. The first-order valence-electron chi connectivity index (χ1n) is 20.0. The highest BCUT2D eigenvalue weighted by molar-refractivity contribution is 14.1. The summed E-state index contributed by atoms with van der Waals surface area (Å²) in [5, 5.41) is 23.3. The van der Waals surface area contributed by atoms with Crippen LogP contribution in [0.2, 0.25) is 0 Å². The first-order valence-corrected chi connectivity index (χ1v) is 22.1. The molecular formula is C43H55I2N5O8. The van der Waals surface area contributed by atoms with Gasteiger partial charge in [0.25, 0.3) is 0 Å². The number of aliphatic carboxylic acids is 1. The molecule has 0 aliphatic carbocycles. The topological polar surface area (TPSA) is 213 Å². The van der Waals surface area contributed by atoms with Crippen LogP contribution in [0.25, 0.3) is 0 Å². The molecule has 2 aromatic carbocycles. The van der Waals surface area contributed by atoms with Crippen LogP contribution in [0.15, 0.2) is 55.0 Å². The number of hydrogen-bond donors (Lipinski definition) is 5. The predicted octanol–water partition coefficient (Wildman–Crippen LogP) is 5.81. The number of carboxylic acids is 1. The van der Waals surface area contributed by atoms with Gasteiger partial charge < -0.3 is 31.1 Å². The van der Waals surface area contributed by atoms with Gasteiger partial charge in [-0.2, -0.15) is 0 Å². The summed E-state index contributed by atoms with van der Waals surface area (Å²) in [5.41, 5.74) is 8.34. The van der Waals surface area contributed by atoms with Crippen molar-refractivity contribution in [2.45, 2.75) is 110 Å². The monoisotopic (exact) mass is 1020 g/mol. The van der Waals surface area contributed by atoms with E-state index in [0.29, 0.717) is 44.9 Å². The number of benzene rings is 2. The number of aromatic amines is 1. The second kappa shape index (κ2) is 22.6. The highest BCUT2D eigenvalue weighted by Crippen LogP contribution is 2.30. The number of carbonyl (C=O) groups excluding carboxylic acids is 5. The van der Waals surface area contributed by atoms with Crippen molar-refractivity contribution in [1.29, 1.82) is 0 Å². The number of nitrogens with one attached hydrogen (secondary N) is 2. The highest BCUT2D eigenvalue weighted by Gasteiger charge is 2.40. The van der Waals surface area contributed by atoms with Crippen molar-refractivity contribution in [2.75, 3.05) is 6.54 Å². The number of amides is 2. The third-order valence-corrected chi connectivity index (χ3v) is 12.7. The molecule has 2 heterocycles. The van der Waals surface area contributed by atoms with E-state index in [9.17, 15) is 39.0 Å². The van der Waals surface area contributed by atoms with Gasteiger partial charge in [0.1, 0.15) is 11.5 Å². The minimum absolute atomic E-state index is 0.124. The van der Waals surface area contributed by atoms with E-state index in [1.165, 1.54) is 11.2 Å². The largest absolute Gasteiger partial charge is 0.506 e. The summed E-state index contributed by atoms with van der Waals surface area (Å²) in [6.45, 7) is 5.96. The van der Waals surface area contributed by atoms with E-state index in [2.05, 4.69) is 15.3 Å². The summed E-state index contributed by atoms with van der Waals surface area (Å²) < 4.78 is 1.20. The first-order chi connectivity index (χ1) is 27.6. The molecule has 4 rings (SSSR count). The number of phenolic OH excluding ortho intramolecular Hbond substituents is 1. The molecule has 1 aromatic heterocycles. The molecule has 1 aliphatic rings. The standard InChI is InChI=1S/C43H55I2N5O8/c1-4-10-34(46)36(51)20-28(16-27-17-32(44)40(54)33(45)18-27)41(55)49-39(25(3)5-2)38(53)21-29(19-31-23-47-24-48-31)42(56)50-14-9-13-35(50)37(52)22-30(43(57)58)15-26-11-7-6-8-12-26/h6-8,11-12,17-18,23-25,28-30,34-35,39,54H,4-5,9-10,13-16,19-22,46H2,1-3H3,(H,47,48)(H,49,55)(H,57,58)/t25?,28-,29-,30-,34+,35+,39+/m1/s1/i44-2,45-2. The second-order valence-electron chi connectivity index (χ2n) is 15.5. The van der Waals surface area contributed by atoms with Crippen LogP contribution in [-0.2, 0) is 48.0 Å². The lowest BCUT2D eigenvalue weighted by Crippen LogP contribution is -2.50. The van der Waals surface area contributed by atoms with E-state index in [0.717, 1.165) is 11.1 Å². The van der Waals surface area contributed by atoms with Crippen LogP contribution in [0.5, 0.6) is 5.75 Å². The number of ketones is 3. The maximum atomic E-state index is 14.5. The molecule has 0 saturated carbocycles. The van der Waals surface area contributed by atoms with Gasteiger partial charge in [-0.1, -0.05) is 63.9 Å². The number of nitrogens with two attached hydrogens (primary N) is 1. The number of aromatic hydroxyl groups is 1. The van der Waals surface area contributed by atoms with Crippen molar-refractivity contribution in [1.82, 2.24) is 20.2 Å². The van der Waals surface area contributed by atoms with Gasteiger partial charge in [-0.3, -0.25) is 28.8 Å². The molecule has 0 radical (unpaired) electrons. The van der Waals surface area contributed by atoms with E-state index >= 15 is 0 Å². The Balaban J connectivity index is 1.57. The summed E-state index contributed by atoms with van der Waals surface area (Å²) in [5.74, 6) is -5.84. The van der Waals surface area contributed by atoms with E-state index in [1.807, 2.05) is 96.3 Å². The van der Waals surface area contributed by atoms with Gasteiger partial charge in [-0.15, -0.1) is 0 Å². The van der Waals surface area contributed by atoms with Crippen molar-refractivity contribution in [3.8, 4) is 5.75 Å². The minimum Gasteiger partial charge on any atom is -0.506 e. The summed E-state index contributed by atoms with van der Waals surface area (Å²) in [7, 11) is 0. The van der Waals surface area contributed by atoms with Crippen LogP contribution >= 0.6 is 45.2 Å². The van der Waals surface area contributed by atoms with Crippen LogP contribution < -0.4 is 11.1 Å². The fourth-order valence-electron chi connectivity index (χ4n) is 7.59. The Morgan fingerprint density at radius 2 is 1.59 bits per heavy atom. The van der Waals surface area contributed by atoms with Gasteiger partial charge >= 0.3 is 5.97 Å². The fourth-order valence-corrected chi connectivity index (χ4v) is 9.49. The molecule has 15 heteroatoms. The molecule has 1 aliphatic heterocycles.